The molecule has 1 atom stereocenters. The van der Waals surface area contributed by atoms with Gasteiger partial charge in [-0.3, -0.25) is 9.59 Å². The summed E-state index contributed by atoms with van der Waals surface area (Å²) in [5.41, 5.74) is 5.33. The van der Waals surface area contributed by atoms with Crippen molar-refractivity contribution < 1.29 is 14.1 Å². The number of aryl methyl sites for hydroxylation is 1. The fraction of sp³-hybridized carbons (Fsp3) is 0.733. The molecule has 1 fully saturated rings. The van der Waals surface area contributed by atoms with Gasteiger partial charge in [-0.15, -0.1) is 0 Å². The lowest BCUT2D eigenvalue weighted by atomic mass is 9.97. The predicted octanol–water partition coefficient (Wildman–Crippen LogP) is 1.24. The number of nitrogens with two attached hydrogens (primary N) is 1. The predicted molar refractivity (Wildman–Crippen MR) is 79.8 cm³/mol. The molecule has 0 unspecified atom stereocenters. The molecule has 1 aliphatic rings. The van der Waals surface area contributed by atoms with Crippen molar-refractivity contribution in [3.63, 3.8) is 0 Å². The average molecular weight is 308 g/mol. The third kappa shape index (κ3) is 4.29. The molecule has 0 aromatic carbocycles. The maximum Gasteiger partial charge on any atom is 0.226 e. The van der Waals surface area contributed by atoms with Gasteiger partial charge in [0, 0.05) is 31.8 Å². The van der Waals surface area contributed by atoms with Crippen molar-refractivity contribution in [1.29, 1.82) is 0 Å². The third-order valence-electron chi connectivity index (χ3n) is 3.96. The number of carbonyl (C=O) groups is 2. The lowest BCUT2D eigenvalue weighted by molar-refractivity contribution is -0.135. The van der Waals surface area contributed by atoms with E-state index in [0.717, 1.165) is 12.8 Å². The molecule has 1 saturated heterocycles. The zero-order valence-electron chi connectivity index (χ0n) is 13.2. The van der Waals surface area contributed by atoms with E-state index in [2.05, 4.69) is 10.1 Å². The lowest BCUT2D eigenvalue weighted by Gasteiger charge is -2.31. The number of piperidine rings is 1. The van der Waals surface area contributed by atoms with Gasteiger partial charge in [0.1, 0.15) is 0 Å². The van der Waals surface area contributed by atoms with Crippen LogP contribution < -0.4 is 5.73 Å². The minimum atomic E-state index is -0.315. The van der Waals surface area contributed by atoms with Crippen molar-refractivity contribution in [2.45, 2.75) is 51.9 Å². The van der Waals surface area contributed by atoms with Crippen LogP contribution in [-0.2, 0) is 16.0 Å². The Morgan fingerprint density at radius 3 is 2.86 bits per heavy atom. The topological polar surface area (TPSA) is 102 Å². The van der Waals surface area contributed by atoms with Gasteiger partial charge in [0.2, 0.25) is 17.7 Å². The van der Waals surface area contributed by atoms with Crippen molar-refractivity contribution >= 4 is 11.8 Å². The molecular formula is C15H24N4O3. The van der Waals surface area contributed by atoms with Crippen LogP contribution >= 0.6 is 0 Å². The van der Waals surface area contributed by atoms with Gasteiger partial charge in [-0.05, 0) is 19.3 Å². The van der Waals surface area contributed by atoms with Crippen molar-refractivity contribution in [1.82, 2.24) is 15.0 Å². The van der Waals surface area contributed by atoms with E-state index in [9.17, 15) is 9.59 Å². The zero-order valence-corrected chi connectivity index (χ0v) is 13.2. The fourth-order valence-corrected chi connectivity index (χ4v) is 2.59. The van der Waals surface area contributed by atoms with E-state index >= 15 is 0 Å². The highest BCUT2D eigenvalue weighted by atomic mass is 16.5. The van der Waals surface area contributed by atoms with Crippen LogP contribution in [0.2, 0.25) is 0 Å². The van der Waals surface area contributed by atoms with Crippen molar-refractivity contribution in [3.8, 4) is 0 Å². The molecule has 0 aliphatic carbocycles. The number of amides is 2. The summed E-state index contributed by atoms with van der Waals surface area (Å²) in [6.45, 7) is 5.17. The number of likely N-dealkylation sites (tertiary alicyclic amines) is 1. The molecule has 2 heterocycles. The molecule has 2 amide bonds. The maximum atomic E-state index is 12.2. The van der Waals surface area contributed by atoms with Crippen LogP contribution in [0.3, 0.4) is 0 Å². The largest absolute Gasteiger partial charge is 0.369 e. The Bertz CT molecular complexity index is 527. The van der Waals surface area contributed by atoms with E-state index in [1.165, 1.54) is 0 Å². The molecule has 1 aromatic rings. The van der Waals surface area contributed by atoms with E-state index in [1.807, 2.05) is 13.8 Å². The van der Waals surface area contributed by atoms with Crippen molar-refractivity contribution in [2.24, 2.45) is 11.7 Å². The Labute approximate surface area is 130 Å². The minimum absolute atomic E-state index is 0.0644. The summed E-state index contributed by atoms with van der Waals surface area (Å²) in [6.07, 6.45) is 3.29. The SMILES string of the molecule is CC(C)c1noc(CCCC(=O)N2CCC[C@@H](C(N)=O)C2)n1. The molecule has 7 heteroatoms. The minimum Gasteiger partial charge on any atom is -0.369 e. The average Bonchev–Trinajstić information content (AvgIpc) is 2.96. The monoisotopic (exact) mass is 308 g/mol. The molecule has 1 aromatic heterocycles. The van der Waals surface area contributed by atoms with Crippen LogP contribution in [-0.4, -0.2) is 39.9 Å². The Morgan fingerprint density at radius 2 is 2.23 bits per heavy atom. The summed E-state index contributed by atoms with van der Waals surface area (Å²) >= 11 is 0. The molecule has 22 heavy (non-hydrogen) atoms. The smallest absolute Gasteiger partial charge is 0.226 e. The highest BCUT2D eigenvalue weighted by Gasteiger charge is 2.26. The molecule has 0 spiro atoms. The van der Waals surface area contributed by atoms with E-state index in [4.69, 9.17) is 10.3 Å². The van der Waals surface area contributed by atoms with Crippen LogP contribution in [0.5, 0.6) is 0 Å². The first-order chi connectivity index (χ1) is 10.5. The second-order valence-corrected chi connectivity index (χ2v) is 6.14. The fourth-order valence-electron chi connectivity index (χ4n) is 2.59. The van der Waals surface area contributed by atoms with Crippen molar-refractivity contribution in [3.05, 3.63) is 11.7 Å². The summed E-state index contributed by atoms with van der Waals surface area (Å²) in [4.78, 5) is 29.4. The number of primary amides is 1. The van der Waals surface area contributed by atoms with Crippen molar-refractivity contribution in [2.75, 3.05) is 13.1 Å². The van der Waals surface area contributed by atoms with Gasteiger partial charge < -0.3 is 15.2 Å². The number of hydrogen-bond donors (Lipinski definition) is 1. The highest BCUT2D eigenvalue weighted by molar-refractivity contribution is 5.80. The summed E-state index contributed by atoms with van der Waals surface area (Å²) in [6, 6.07) is 0. The van der Waals surface area contributed by atoms with Gasteiger partial charge in [0.05, 0.1) is 5.92 Å². The van der Waals surface area contributed by atoms with Crippen LogP contribution in [0, 0.1) is 5.92 Å². The Kier molecular flexibility index (Phi) is 5.51. The van der Waals surface area contributed by atoms with Gasteiger partial charge in [0.25, 0.3) is 0 Å². The lowest BCUT2D eigenvalue weighted by Crippen LogP contribution is -2.44. The first-order valence-electron chi connectivity index (χ1n) is 7.87. The summed E-state index contributed by atoms with van der Waals surface area (Å²) in [5.74, 6) is 1.05. The molecule has 2 N–H and O–H groups in total. The first-order valence-corrected chi connectivity index (χ1v) is 7.87. The van der Waals surface area contributed by atoms with Gasteiger partial charge in [0.15, 0.2) is 5.82 Å². The quantitative estimate of drug-likeness (QED) is 0.851. The Morgan fingerprint density at radius 1 is 1.45 bits per heavy atom. The van der Waals surface area contributed by atoms with Gasteiger partial charge in [-0.1, -0.05) is 19.0 Å². The number of nitrogens with zero attached hydrogens (tertiary/aromatic N) is 3. The number of carbonyl (C=O) groups excluding carboxylic acids is 2. The van der Waals surface area contributed by atoms with Crippen LogP contribution in [0.1, 0.15) is 57.2 Å². The maximum absolute atomic E-state index is 12.2. The summed E-state index contributed by atoms with van der Waals surface area (Å²) in [5, 5.41) is 3.90. The molecule has 0 radical (unpaired) electrons. The van der Waals surface area contributed by atoms with Gasteiger partial charge in [-0.2, -0.15) is 4.98 Å². The number of rotatable bonds is 6. The van der Waals surface area contributed by atoms with Gasteiger partial charge in [-0.25, -0.2) is 0 Å². The zero-order chi connectivity index (χ0) is 16.1. The van der Waals surface area contributed by atoms with Crippen LogP contribution in [0.25, 0.3) is 0 Å². The molecule has 0 saturated carbocycles. The molecule has 2 rings (SSSR count). The second kappa shape index (κ2) is 7.38. The normalized spacial score (nSPS) is 18.7. The number of aromatic nitrogens is 2. The first kappa shape index (κ1) is 16.5. The van der Waals surface area contributed by atoms with Crippen LogP contribution in [0.4, 0.5) is 0 Å². The van der Waals surface area contributed by atoms with Gasteiger partial charge >= 0.3 is 0 Å². The molecule has 122 valence electrons. The molecule has 1 aliphatic heterocycles. The van der Waals surface area contributed by atoms with E-state index in [1.54, 1.807) is 4.90 Å². The van der Waals surface area contributed by atoms with Crippen LogP contribution in [0.15, 0.2) is 4.52 Å². The Hall–Kier alpha value is -1.92. The summed E-state index contributed by atoms with van der Waals surface area (Å²) < 4.78 is 5.15. The standard InChI is InChI=1S/C15H24N4O3/c1-10(2)15-17-12(22-18-15)6-3-7-13(20)19-8-4-5-11(9-19)14(16)21/h10-11H,3-9H2,1-2H3,(H2,16,21)/t11-/m1/s1. The highest BCUT2D eigenvalue weighted by Crippen LogP contribution is 2.17. The van der Waals surface area contributed by atoms with E-state index in [0.29, 0.717) is 44.1 Å². The summed E-state index contributed by atoms with van der Waals surface area (Å²) in [7, 11) is 0. The van der Waals surface area contributed by atoms with E-state index < -0.39 is 0 Å². The second-order valence-electron chi connectivity index (χ2n) is 6.14. The number of hydrogen-bond acceptors (Lipinski definition) is 5. The molecular weight excluding hydrogens is 284 g/mol. The Balaban J connectivity index is 1.76. The molecule has 0 bridgehead atoms. The van der Waals surface area contributed by atoms with E-state index in [-0.39, 0.29) is 23.7 Å². The molecule has 7 nitrogen and oxygen atoms in total. The third-order valence-corrected chi connectivity index (χ3v) is 3.96.